The minimum Gasteiger partial charge on any atom is -0.208 e. The van der Waals surface area contributed by atoms with Crippen LogP contribution in [0.1, 0.15) is 0 Å². The smallest absolute Gasteiger partial charge is 0.164 e. The van der Waals surface area contributed by atoms with E-state index in [0.717, 1.165) is 43.8 Å². The van der Waals surface area contributed by atoms with E-state index in [-0.39, 0.29) is 0 Å². The van der Waals surface area contributed by atoms with Gasteiger partial charge in [-0.1, -0.05) is 194 Å². The molecular formula is C55H35N3. The Balaban J connectivity index is 1.09. The molecule has 11 rings (SSSR count). The standard InChI is InChI=1S/C55H35N3/c1-3-13-36(14-4-1)37-23-26-40(27-24-37)53-56-54(51-33-31-44(38-15-5-2-6-16-38)47-19-9-11-21-49(47)51)58-55(57-53)52-34-32-46(48-20-10-12-22-50(48)52)42-29-30-45-41(35-42)28-25-39-17-7-8-18-43(39)45/h1-35H. The first kappa shape index (κ1) is 33.6. The van der Waals surface area contributed by atoms with Crippen LogP contribution in [0, 0.1) is 0 Å². The van der Waals surface area contributed by atoms with Crippen LogP contribution in [0.5, 0.6) is 0 Å². The molecule has 0 N–H and O–H groups in total. The topological polar surface area (TPSA) is 38.7 Å². The highest BCUT2D eigenvalue weighted by molar-refractivity contribution is 6.10. The van der Waals surface area contributed by atoms with Gasteiger partial charge in [0.15, 0.2) is 17.5 Å². The lowest BCUT2D eigenvalue weighted by atomic mass is 9.92. The number of fused-ring (bicyclic) bond motifs is 5. The van der Waals surface area contributed by atoms with Crippen molar-refractivity contribution in [1.82, 2.24) is 15.0 Å². The van der Waals surface area contributed by atoms with Gasteiger partial charge in [0.05, 0.1) is 0 Å². The lowest BCUT2D eigenvalue weighted by Crippen LogP contribution is -2.01. The first-order valence-electron chi connectivity index (χ1n) is 19.7. The van der Waals surface area contributed by atoms with Crippen LogP contribution in [0.15, 0.2) is 212 Å². The fraction of sp³-hybridized carbons (Fsp3) is 0. The summed E-state index contributed by atoms with van der Waals surface area (Å²) in [4.78, 5) is 15.8. The van der Waals surface area contributed by atoms with Crippen LogP contribution in [-0.2, 0) is 0 Å². The predicted octanol–water partition coefficient (Wildman–Crippen LogP) is 14.5. The number of hydrogen-bond acceptors (Lipinski definition) is 3. The van der Waals surface area contributed by atoms with Crippen molar-refractivity contribution in [3.05, 3.63) is 212 Å². The maximum atomic E-state index is 5.32. The zero-order valence-corrected chi connectivity index (χ0v) is 31.5. The Morgan fingerprint density at radius 2 is 0.603 bits per heavy atom. The second-order valence-electron chi connectivity index (χ2n) is 14.8. The van der Waals surface area contributed by atoms with E-state index in [1.54, 1.807) is 0 Å². The molecule has 11 aromatic rings. The van der Waals surface area contributed by atoms with Gasteiger partial charge in [-0.05, 0) is 94.7 Å². The van der Waals surface area contributed by atoms with Crippen LogP contribution < -0.4 is 0 Å². The summed E-state index contributed by atoms with van der Waals surface area (Å²) in [7, 11) is 0. The van der Waals surface area contributed by atoms with E-state index in [9.17, 15) is 0 Å². The Bertz CT molecular complexity index is 3320. The minimum atomic E-state index is 0.630. The molecule has 0 spiro atoms. The Morgan fingerprint density at radius 1 is 0.207 bits per heavy atom. The van der Waals surface area contributed by atoms with Gasteiger partial charge < -0.3 is 0 Å². The van der Waals surface area contributed by atoms with E-state index in [4.69, 9.17) is 15.0 Å². The van der Waals surface area contributed by atoms with Crippen molar-refractivity contribution in [1.29, 1.82) is 0 Å². The molecule has 0 aliphatic carbocycles. The molecule has 0 aliphatic heterocycles. The average molecular weight is 738 g/mol. The summed E-state index contributed by atoms with van der Waals surface area (Å²) in [6.07, 6.45) is 0. The Morgan fingerprint density at radius 3 is 1.22 bits per heavy atom. The van der Waals surface area contributed by atoms with Gasteiger partial charge >= 0.3 is 0 Å². The monoisotopic (exact) mass is 737 g/mol. The summed E-state index contributed by atoms with van der Waals surface area (Å²) >= 11 is 0. The van der Waals surface area contributed by atoms with Gasteiger partial charge in [-0.25, -0.2) is 15.0 Å². The normalized spacial score (nSPS) is 11.4. The number of benzene rings is 10. The summed E-state index contributed by atoms with van der Waals surface area (Å²) < 4.78 is 0. The van der Waals surface area contributed by atoms with Crippen LogP contribution in [0.2, 0.25) is 0 Å². The van der Waals surface area contributed by atoms with Gasteiger partial charge in [-0.2, -0.15) is 0 Å². The summed E-state index contributed by atoms with van der Waals surface area (Å²) in [6, 6.07) is 75.3. The van der Waals surface area contributed by atoms with E-state index in [1.165, 1.54) is 49.4 Å². The highest BCUT2D eigenvalue weighted by Crippen LogP contribution is 2.39. The molecule has 0 bridgehead atoms. The summed E-state index contributed by atoms with van der Waals surface area (Å²) in [5.41, 5.74) is 9.86. The fourth-order valence-corrected chi connectivity index (χ4v) is 8.48. The number of hydrogen-bond donors (Lipinski definition) is 0. The second kappa shape index (κ2) is 14.1. The van der Waals surface area contributed by atoms with Crippen LogP contribution >= 0.6 is 0 Å². The molecular weight excluding hydrogens is 703 g/mol. The molecule has 1 aromatic heterocycles. The van der Waals surface area contributed by atoms with E-state index in [1.807, 2.05) is 6.07 Å². The zero-order valence-electron chi connectivity index (χ0n) is 31.5. The molecule has 0 unspecified atom stereocenters. The van der Waals surface area contributed by atoms with Crippen molar-refractivity contribution in [3.8, 4) is 67.5 Å². The lowest BCUT2D eigenvalue weighted by molar-refractivity contribution is 1.08. The molecule has 3 heteroatoms. The van der Waals surface area contributed by atoms with Crippen LogP contribution in [0.25, 0.3) is 111 Å². The van der Waals surface area contributed by atoms with E-state index in [0.29, 0.717) is 17.5 Å². The zero-order chi connectivity index (χ0) is 38.4. The van der Waals surface area contributed by atoms with Gasteiger partial charge in [-0.15, -0.1) is 0 Å². The van der Waals surface area contributed by atoms with Crippen molar-refractivity contribution in [2.45, 2.75) is 0 Å². The molecule has 270 valence electrons. The average Bonchev–Trinajstić information content (AvgIpc) is 3.31. The summed E-state index contributed by atoms with van der Waals surface area (Å²) in [5.74, 6) is 1.90. The molecule has 0 fully saturated rings. The quantitative estimate of drug-likeness (QED) is 0.160. The third-order valence-electron chi connectivity index (χ3n) is 11.4. The third kappa shape index (κ3) is 5.89. The van der Waals surface area contributed by atoms with Gasteiger partial charge in [0.1, 0.15) is 0 Å². The van der Waals surface area contributed by atoms with Crippen molar-refractivity contribution >= 4 is 43.1 Å². The molecule has 0 radical (unpaired) electrons. The number of rotatable bonds is 6. The summed E-state index contributed by atoms with van der Waals surface area (Å²) in [6.45, 7) is 0. The van der Waals surface area contributed by atoms with E-state index < -0.39 is 0 Å². The Hall–Kier alpha value is -7.75. The van der Waals surface area contributed by atoms with Crippen LogP contribution in [0.3, 0.4) is 0 Å². The minimum absolute atomic E-state index is 0.630. The third-order valence-corrected chi connectivity index (χ3v) is 11.4. The maximum Gasteiger partial charge on any atom is 0.164 e. The van der Waals surface area contributed by atoms with Crippen molar-refractivity contribution < 1.29 is 0 Å². The highest BCUT2D eigenvalue weighted by atomic mass is 15.0. The van der Waals surface area contributed by atoms with Crippen molar-refractivity contribution in [2.24, 2.45) is 0 Å². The van der Waals surface area contributed by atoms with E-state index in [2.05, 4.69) is 206 Å². The first-order chi connectivity index (χ1) is 28.7. The predicted molar refractivity (Wildman–Crippen MR) is 242 cm³/mol. The molecule has 10 aromatic carbocycles. The molecule has 1 heterocycles. The Kier molecular flexibility index (Phi) is 8.15. The maximum absolute atomic E-state index is 5.32. The first-order valence-corrected chi connectivity index (χ1v) is 19.7. The largest absolute Gasteiger partial charge is 0.208 e. The van der Waals surface area contributed by atoms with E-state index >= 15 is 0 Å². The highest BCUT2D eigenvalue weighted by Gasteiger charge is 2.19. The lowest BCUT2D eigenvalue weighted by Gasteiger charge is -2.15. The fourth-order valence-electron chi connectivity index (χ4n) is 8.48. The number of aromatic nitrogens is 3. The van der Waals surface area contributed by atoms with Gasteiger partial charge in [-0.3, -0.25) is 0 Å². The molecule has 0 saturated carbocycles. The van der Waals surface area contributed by atoms with Gasteiger partial charge in [0.2, 0.25) is 0 Å². The molecule has 0 aliphatic rings. The Labute approximate surface area is 336 Å². The summed E-state index contributed by atoms with van der Waals surface area (Å²) in [5, 5.41) is 9.48. The second-order valence-corrected chi connectivity index (χ2v) is 14.8. The molecule has 58 heavy (non-hydrogen) atoms. The molecule has 3 nitrogen and oxygen atoms in total. The molecule has 0 saturated heterocycles. The van der Waals surface area contributed by atoms with Crippen molar-refractivity contribution in [3.63, 3.8) is 0 Å². The van der Waals surface area contributed by atoms with Crippen LogP contribution in [0.4, 0.5) is 0 Å². The van der Waals surface area contributed by atoms with Crippen LogP contribution in [-0.4, -0.2) is 15.0 Å². The molecule has 0 atom stereocenters. The van der Waals surface area contributed by atoms with Gasteiger partial charge in [0.25, 0.3) is 0 Å². The van der Waals surface area contributed by atoms with Gasteiger partial charge in [0, 0.05) is 16.7 Å². The molecule has 0 amide bonds. The number of nitrogens with zero attached hydrogens (tertiary/aromatic N) is 3. The van der Waals surface area contributed by atoms with Crippen molar-refractivity contribution in [2.75, 3.05) is 0 Å². The SMILES string of the molecule is c1ccc(-c2ccc(-c3nc(-c4ccc(-c5ccccc5)c5ccccc45)nc(-c4ccc(-c5ccc6c(ccc7ccccc76)c5)c5ccccc45)n3)cc2)cc1.